The summed E-state index contributed by atoms with van der Waals surface area (Å²) in [6.07, 6.45) is 3.74. The molecule has 35 heavy (non-hydrogen) atoms. The van der Waals surface area contributed by atoms with E-state index in [1.807, 2.05) is 24.3 Å². The van der Waals surface area contributed by atoms with Crippen molar-refractivity contribution in [2.24, 2.45) is 0 Å². The van der Waals surface area contributed by atoms with Crippen molar-refractivity contribution in [2.75, 3.05) is 18.4 Å². The molecule has 1 aliphatic heterocycles. The van der Waals surface area contributed by atoms with Gasteiger partial charge in [0.2, 0.25) is 0 Å². The van der Waals surface area contributed by atoms with Crippen LogP contribution in [0.25, 0.3) is 0 Å². The molecule has 10 heteroatoms. The number of carbonyl (C=O) groups excluding carboxylic acids is 3. The number of alkyl halides is 3. The first-order chi connectivity index (χ1) is 16.6. The number of aryl methyl sites for hydroxylation is 1. The first kappa shape index (κ1) is 28.6. The van der Waals surface area contributed by atoms with Crippen LogP contribution in [-0.4, -0.2) is 42.8 Å². The molecular formula is C25H36F3N3O4. The van der Waals surface area contributed by atoms with Gasteiger partial charge in [-0.3, -0.25) is 4.79 Å². The fourth-order valence-electron chi connectivity index (χ4n) is 4.16. The Morgan fingerprint density at radius 2 is 1.63 bits per heavy atom. The van der Waals surface area contributed by atoms with Gasteiger partial charge in [-0.25, -0.2) is 9.59 Å². The van der Waals surface area contributed by atoms with E-state index in [0.717, 1.165) is 12.8 Å². The van der Waals surface area contributed by atoms with Crippen molar-refractivity contribution in [1.29, 1.82) is 0 Å². The molecule has 1 saturated heterocycles. The zero-order valence-electron chi connectivity index (χ0n) is 20.3. The third-order valence-electron chi connectivity index (χ3n) is 6.22. The molecule has 1 heterocycles. The molecule has 1 aliphatic rings. The van der Waals surface area contributed by atoms with Gasteiger partial charge in [-0.1, -0.05) is 51.2 Å². The van der Waals surface area contributed by atoms with Crippen molar-refractivity contribution in [1.82, 2.24) is 10.6 Å². The highest BCUT2D eigenvalue weighted by Crippen LogP contribution is 2.26. The quantitative estimate of drug-likeness (QED) is 0.208. The van der Waals surface area contributed by atoms with Gasteiger partial charge >= 0.3 is 24.1 Å². The van der Waals surface area contributed by atoms with Gasteiger partial charge in [0.15, 0.2) is 0 Å². The van der Waals surface area contributed by atoms with Gasteiger partial charge in [0.25, 0.3) is 0 Å². The lowest BCUT2D eigenvalue weighted by molar-refractivity contribution is -0.202. The Balaban J connectivity index is 1.83. The maximum absolute atomic E-state index is 12.7. The third-order valence-corrected chi connectivity index (χ3v) is 6.22. The van der Waals surface area contributed by atoms with Gasteiger partial charge in [-0.2, -0.15) is 13.2 Å². The Hall–Kier alpha value is -2.62. The Labute approximate surface area is 204 Å². The van der Waals surface area contributed by atoms with Crippen molar-refractivity contribution in [3.8, 4) is 0 Å². The maximum atomic E-state index is 12.7. The van der Waals surface area contributed by atoms with Gasteiger partial charge in [0.05, 0.1) is 0 Å². The molecule has 196 valence electrons. The fraction of sp³-hybridized carbons (Fsp3) is 0.640. The number of carbonyl (C=O) groups is 3. The molecule has 1 fully saturated rings. The van der Waals surface area contributed by atoms with Crippen molar-refractivity contribution in [3.63, 3.8) is 0 Å². The number of unbranched alkanes of at least 4 members (excludes halogenated alkanes) is 5. The summed E-state index contributed by atoms with van der Waals surface area (Å²) >= 11 is 0. The molecule has 0 aliphatic carbocycles. The third kappa shape index (κ3) is 10.7. The Kier molecular flexibility index (Phi) is 11.5. The van der Waals surface area contributed by atoms with Crippen LogP contribution in [0.3, 0.4) is 0 Å². The SMILES string of the molecule is CCCCCCCCc1ccc(NC(=O)NC2(CCC(=O)OC(=O)C(F)(F)F)CCNCC2)cc1. The molecule has 0 atom stereocenters. The van der Waals surface area contributed by atoms with Crippen LogP contribution in [-0.2, 0) is 20.7 Å². The molecule has 0 bridgehead atoms. The zero-order valence-corrected chi connectivity index (χ0v) is 20.3. The van der Waals surface area contributed by atoms with Gasteiger partial charge in [-0.05, 0) is 62.9 Å². The number of halogens is 3. The average Bonchev–Trinajstić information content (AvgIpc) is 2.81. The highest BCUT2D eigenvalue weighted by atomic mass is 19.4. The summed E-state index contributed by atoms with van der Waals surface area (Å²) < 4.78 is 40.8. The van der Waals surface area contributed by atoms with Crippen LogP contribution >= 0.6 is 0 Å². The van der Waals surface area contributed by atoms with E-state index in [1.165, 1.54) is 37.7 Å². The van der Waals surface area contributed by atoms with Crippen LogP contribution in [0, 0.1) is 0 Å². The second-order valence-electron chi connectivity index (χ2n) is 9.08. The van der Waals surface area contributed by atoms with Crippen molar-refractivity contribution >= 4 is 23.7 Å². The van der Waals surface area contributed by atoms with Crippen LogP contribution in [0.1, 0.15) is 76.7 Å². The molecule has 0 saturated carbocycles. The summed E-state index contributed by atoms with van der Waals surface area (Å²) in [5.41, 5.74) is 1.02. The minimum Gasteiger partial charge on any atom is -0.386 e. The Morgan fingerprint density at radius 1 is 1.00 bits per heavy atom. The number of nitrogens with one attached hydrogen (secondary N) is 3. The molecular weight excluding hydrogens is 463 g/mol. The number of piperidine rings is 1. The smallest absolute Gasteiger partial charge is 0.386 e. The predicted molar refractivity (Wildman–Crippen MR) is 127 cm³/mol. The molecule has 1 aromatic carbocycles. The normalized spacial score (nSPS) is 15.3. The predicted octanol–water partition coefficient (Wildman–Crippen LogP) is 5.25. The Morgan fingerprint density at radius 3 is 2.26 bits per heavy atom. The molecule has 7 nitrogen and oxygen atoms in total. The number of ether oxygens (including phenoxy) is 1. The topological polar surface area (TPSA) is 96.5 Å². The van der Waals surface area contributed by atoms with Crippen LogP contribution in [0.4, 0.5) is 23.7 Å². The van der Waals surface area contributed by atoms with Crippen molar-refractivity contribution in [2.45, 2.75) is 89.3 Å². The number of urea groups is 1. The highest BCUT2D eigenvalue weighted by Gasteiger charge is 2.43. The summed E-state index contributed by atoms with van der Waals surface area (Å²) in [7, 11) is 0. The lowest BCUT2D eigenvalue weighted by atomic mass is 9.84. The maximum Gasteiger partial charge on any atom is 0.491 e. The molecule has 0 unspecified atom stereocenters. The lowest BCUT2D eigenvalue weighted by Crippen LogP contribution is -2.55. The van der Waals surface area contributed by atoms with E-state index < -0.39 is 36.1 Å². The van der Waals surface area contributed by atoms with Crippen molar-refractivity contribution in [3.05, 3.63) is 29.8 Å². The monoisotopic (exact) mass is 499 g/mol. The number of anilines is 1. The summed E-state index contributed by atoms with van der Waals surface area (Å²) in [5.74, 6) is -3.80. The van der Waals surface area contributed by atoms with E-state index in [-0.39, 0.29) is 6.42 Å². The minimum atomic E-state index is -5.23. The van der Waals surface area contributed by atoms with Crippen LogP contribution in [0.15, 0.2) is 24.3 Å². The summed E-state index contributed by atoms with van der Waals surface area (Å²) in [5, 5.41) is 8.82. The lowest BCUT2D eigenvalue weighted by Gasteiger charge is -2.38. The van der Waals surface area contributed by atoms with Crippen LogP contribution in [0.5, 0.6) is 0 Å². The first-order valence-corrected chi connectivity index (χ1v) is 12.3. The number of amides is 2. The van der Waals surface area contributed by atoms with E-state index in [1.54, 1.807) is 0 Å². The number of benzene rings is 1. The minimum absolute atomic E-state index is 0.0588. The largest absolute Gasteiger partial charge is 0.491 e. The molecule has 2 rings (SSSR count). The first-order valence-electron chi connectivity index (χ1n) is 12.3. The van der Waals surface area contributed by atoms with Gasteiger partial charge in [0.1, 0.15) is 0 Å². The van der Waals surface area contributed by atoms with Gasteiger partial charge < -0.3 is 20.7 Å². The second-order valence-corrected chi connectivity index (χ2v) is 9.08. The van der Waals surface area contributed by atoms with Crippen molar-refractivity contribution < 1.29 is 32.3 Å². The number of esters is 2. The van der Waals surface area contributed by atoms with E-state index >= 15 is 0 Å². The van der Waals surface area contributed by atoms with Crippen LogP contribution in [0.2, 0.25) is 0 Å². The number of hydrogen-bond donors (Lipinski definition) is 3. The molecule has 0 radical (unpaired) electrons. The molecule has 1 aromatic rings. The number of rotatable bonds is 12. The standard InChI is InChI=1S/C25H36F3N3O4/c1-2-3-4-5-6-7-8-19-9-11-20(12-10-19)30-23(34)31-24(15-17-29-18-16-24)14-13-21(32)35-22(33)25(26,27)28/h9-12,29H,2-8,13-18H2,1H3,(H2,30,31,34). The summed E-state index contributed by atoms with van der Waals surface area (Å²) in [4.78, 5) is 35.3. The number of hydrogen-bond acceptors (Lipinski definition) is 5. The van der Waals surface area contributed by atoms with Crippen LogP contribution < -0.4 is 16.0 Å². The van der Waals surface area contributed by atoms with Gasteiger partial charge in [0, 0.05) is 17.6 Å². The highest BCUT2D eigenvalue weighted by molar-refractivity contribution is 5.90. The van der Waals surface area contributed by atoms with E-state index in [2.05, 4.69) is 27.6 Å². The summed E-state index contributed by atoms with van der Waals surface area (Å²) in [6, 6.07) is 7.17. The second kappa shape index (κ2) is 14.1. The van der Waals surface area contributed by atoms with E-state index in [0.29, 0.717) is 31.6 Å². The molecule has 0 spiro atoms. The zero-order chi connectivity index (χ0) is 25.7. The van der Waals surface area contributed by atoms with E-state index in [9.17, 15) is 27.6 Å². The fourth-order valence-corrected chi connectivity index (χ4v) is 4.16. The molecule has 2 amide bonds. The Bertz CT molecular complexity index is 822. The van der Waals surface area contributed by atoms with Gasteiger partial charge in [-0.15, -0.1) is 0 Å². The van der Waals surface area contributed by atoms with E-state index in [4.69, 9.17) is 0 Å². The molecule has 3 N–H and O–H groups in total. The molecule has 0 aromatic heterocycles. The summed E-state index contributed by atoms with van der Waals surface area (Å²) in [6.45, 7) is 3.35. The average molecular weight is 500 g/mol.